The Labute approximate surface area is 229 Å². The first-order valence-electron chi connectivity index (χ1n) is 13.5. The molecule has 0 radical (unpaired) electrons. The average molecular weight is 540 g/mol. The Morgan fingerprint density at radius 1 is 1.11 bits per heavy atom. The van der Waals surface area contributed by atoms with E-state index in [9.17, 15) is 14.4 Å². The minimum absolute atomic E-state index is 0.193. The van der Waals surface area contributed by atoms with Crippen LogP contribution in [0.3, 0.4) is 0 Å². The highest BCUT2D eigenvalue weighted by molar-refractivity contribution is 6.31. The minimum atomic E-state index is -0.765. The molecule has 2 aromatic rings. The van der Waals surface area contributed by atoms with Crippen molar-refractivity contribution in [2.24, 2.45) is 5.73 Å². The van der Waals surface area contributed by atoms with Gasteiger partial charge in [-0.25, -0.2) is 0 Å². The third-order valence-corrected chi connectivity index (χ3v) is 7.88. The van der Waals surface area contributed by atoms with Crippen molar-refractivity contribution < 1.29 is 14.4 Å². The Morgan fingerprint density at radius 3 is 2.55 bits per heavy atom. The van der Waals surface area contributed by atoms with Crippen molar-refractivity contribution in [3.8, 4) is 0 Å². The summed E-state index contributed by atoms with van der Waals surface area (Å²) in [6.45, 7) is 5.08. The molecule has 4 rings (SSSR count). The number of nitrogens with two attached hydrogens (primary N) is 1. The number of carbonyl (C=O) groups is 3. The molecule has 0 unspecified atom stereocenters. The van der Waals surface area contributed by atoms with Crippen LogP contribution in [0.2, 0.25) is 5.02 Å². The van der Waals surface area contributed by atoms with E-state index in [1.54, 1.807) is 18.2 Å². The van der Waals surface area contributed by atoms with Crippen LogP contribution < -0.4 is 16.4 Å². The van der Waals surface area contributed by atoms with Crippen LogP contribution in [-0.2, 0) is 27.3 Å². The van der Waals surface area contributed by atoms with Crippen LogP contribution in [0.1, 0.15) is 48.8 Å². The van der Waals surface area contributed by atoms with Gasteiger partial charge in [0.05, 0.1) is 6.04 Å². The molecule has 0 saturated carbocycles. The number of hydrogen-bond donors (Lipinski definition) is 3. The van der Waals surface area contributed by atoms with E-state index in [0.717, 1.165) is 37.1 Å². The molecule has 9 heteroatoms. The van der Waals surface area contributed by atoms with Gasteiger partial charge in [-0.3, -0.25) is 19.3 Å². The van der Waals surface area contributed by atoms with Crippen molar-refractivity contribution in [1.29, 1.82) is 0 Å². The molecule has 2 heterocycles. The number of aryl methyl sites for hydroxylation is 1. The molecular weight excluding hydrogens is 502 g/mol. The van der Waals surface area contributed by atoms with E-state index in [-0.39, 0.29) is 24.3 Å². The topological polar surface area (TPSA) is 108 Å². The van der Waals surface area contributed by atoms with Crippen LogP contribution in [0.25, 0.3) is 0 Å². The zero-order valence-electron chi connectivity index (χ0n) is 22.0. The monoisotopic (exact) mass is 539 g/mol. The molecule has 204 valence electrons. The molecule has 4 N–H and O–H groups in total. The van der Waals surface area contributed by atoms with Crippen molar-refractivity contribution in [2.75, 3.05) is 31.5 Å². The van der Waals surface area contributed by atoms with Crippen LogP contribution >= 0.6 is 11.6 Å². The van der Waals surface area contributed by atoms with Crippen LogP contribution in [0.15, 0.2) is 42.5 Å². The molecule has 1 saturated heterocycles. The van der Waals surface area contributed by atoms with E-state index in [1.165, 1.54) is 5.56 Å². The molecular formula is C29H38ClN5O3. The second-order valence-electron chi connectivity index (χ2n) is 10.2. The Bertz CT molecular complexity index is 1150. The van der Waals surface area contributed by atoms with Gasteiger partial charge in [-0.1, -0.05) is 35.9 Å². The van der Waals surface area contributed by atoms with Crippen molar-refractivity contribution in [3.63, 3.8) is 0 Å². The molecule has 2 aromatic carbocycles. The highest BCUT2D eigenvalue weighted by atomic mass is 35.5. The summed E-state index contributed by atoms with van der Waals surface area (Å²) in [6.07, 6.45) is 4.18. The highest BCUT2D eigenvalue weighted by Crippen LogP contribution is 2.25. The largest absolute Gasteiger partial charge is 0.343 e. The predicted molar refractivity (Wildman–Crippen MR) is 150 cm³/mol. The second-order valence-corrected chi connectivity index (χ2v) is 10.6. The van der Waals surface area contributed by atoms with Gasteiger partial charge in [0.2, 0.25) is 17.7 Å². The Balaban J connectivity index is 1.42. The third kappa shape index (κ3) is 7.12. The molecule has 1 fully saturated rings. The fraction of sp³-hybridized carbons (Fsp3) is 0.483. The van der Waals surface area contributed by atoms with Gasteiger partial charge in [-0.15, -0.1) is 0 Å². The normalized spacial score (nSPS) is 18.1. The summed E-state index contributed by atoms with van der Waals surface area (Å²) in [6, 6.07) is 12.2. The standard InChI is InChI=1S/C29H38ClN5O3/c1-20-17-23(10-11-24(20)30)32-28(37)25(12-13-31)33-29(38)26-18-21-7-2-3-8-22(21)19-35(26)16-6-9-27(36)34-14-4-5-15-34/h2-3,7-8,10-11,17,25-26H,4-6,9,12-16,18-19,31H2,1H3,(H,32,37)(H,33,38)/t25-,26-/m0/s1. The smallest absolute Gasteiger partial charge is 0.246 e. The van der Waals surface area contributed by atoms with E-state index in [0.29, 0.717) is 49.5 Å². The maximum Gasteiger partial charge on any atom is 0.246 e. The summed E-state index contributed by atoms with van der Waals surface area (Å²) in [5.41, 5.74) is 9.59. The SMILES string of the molecule is Cc1cc(NC(=O)[C@H](CCN)NC(=O)[C@@H]2Cc3ccccc3CN2CCCC(=O)N2CCCC2)ccc1Cl. The number of rotatable bonds is 10. The summed E-state index contributed by atoms with van der Waals surface area (Å²) >= 11 is 6.11. The van der Waals surface area contributed by atoms with Crippen molar-refractivity contribution >= 4 is 35.0 Å². The summed E-state index contributed by atoms with van der Waals surface area (Å²) in [5, 5.41) is 6.46. The summed E-state index contributed by atoms with van der Waals surface area (Å²) in [7, 11) is 0. The maximum absolute atomic E-state index is 13.6. The molecule has 8 nitrogen and oxygen atoms in total. The minimum Gasteiger partial charge on any atom is -0.343 e. The van der Waals surface area contributed by atoms with Gasteiger partial charge in [0.25, 0.3) is 0 Å². The summed E-state index contributed by atoms with van der Waals surface area (Å²) in [4.78, 5) is 43.3. The fourth-order valence-corrected chi connectivity index (χ4v) is 5.40. The van der Waals surface area contributed by atoms with E-state index in [1.807, 2.05) is 24.0 Å². The first-order chi connectivity index (χ1) is 18.4. The lowest BCUT2D eigenvalue weighted by Gasteiger charge is -2.36. The summed E-state index contributed by atoms with van der Waals surface area (Å²) in [5.74, 6) is -0.325. The third-order valence-electron chi connectivity index (χ3n) is 7.46. The Kier molecular flexibility index (Phi) is 9.77. The molecule has 2 aliphatic heterocycles. The molecule has 0 aliphatic carbocycles. The molecule has 38 heavy (non-hydrogen) atoms. The lowest BCUT2D eigenvalue weighted by molar-refractivity contribution is -0.131. The van der Waals surface area contributed by atoms with Gasteiger partial charge in [-0.05, 0) is 87.0 Å². The number of amides is 3. The zero-order chi connectivity index (χ0) is 27.1. The van der Waals surface area contributed by atoms with E-state index >= 15 is 0 Å². The van der Waals surface area contributed by atoms with Gasteiger partial charge >= 0.3 is 0 Å². The Morgan fingerprint density at radius 2 is 1.84 bits per heavy atom. The molecule has 2 atom stereocenters. The molecule has 0 aromatic heterocycles. The zero-order valence-corrected chi connectivity index (χ0v) is 22.8. The van der Waals surface area contributed by atoms with Crippen LogP contribution in [0.4, 0.5) is 5.69 Å². The molecule has 2 aliphatic rings. The van der Waals surface area contributed by atoms with E-state index < -0.39 is 12.1 Å². The highest BCUT2D eigenvalue weighted by Gasteiger charge is 2.33. The number of carbonyl (C=O) groups excluding carboxylic acids is 3. The number of fused-ring (bicyclic) bond motifs is 1. The quantitative estimate of drug-likeness (QED) is 0.429. The van der Waals surface area contributed by atoms with Gasteiger partial charge < -0.3 is 21.3 Å². The van der Waals surface area contributed by atoms with Crippen LogP contribution in [0, 0.1) is 6.92 Å². The molecule has 3 amide bonds. The second kappa shape index (κ2) is 13.2. The first kappa shape index (κ1) is 28.1. The number of benzene rings is 2. The van der Waals surface area contributed by atoms with E-state index in [4.69, 9.17) is 17.3 Å². The maximum atomic E-state index is 13.6. The van der Waals surface area contributed by atoms with Crippen LogP contribution in [0.5, 0.6) is 0 Å². The van der Waals surface area contributed by atoms with E-state index in [2.05, 4.69) is 27.7 Å². The number of anilines is 1. The average Bonchev–Trinajstić information content (AvgIpc) is 3.45. The Hall–Kier alpha value is -2.94. The predicted octanol–water partition coefficient (Wildman–Crippen LogP) is 3.25. The number of nitrogens with zero attached hydrogens (tertiary/aromatic N) is 2. The fourth-order valence-electron chi connectivity index (χ4n) is 5.28. The summed E-state index contributed by atoms with van der Waals surface area (Å²) < 4.78 is 0. The van der Waals surface area contributed by atoms with Gasteiger partial charge in [-0.2, -0.15) is 0 Å². The van der Waals surface area contributed by atoms with Gasteiger partial charge in [0.15, 0.2) is 0 Å². The van der Waals surface area contributed by atoms with Gasteiger partial charge in [0, 0.05) is 36.8 Å². The van der Waals surface area contributed by atoms with Crippen molar-refractivity contribution in [2.45, 2.75) is 64.1 Å². The molecule has 0 spiro atoms. The van der Waals surface area contributed by atoms with Crippen LogP contribution in [-0.4, -0.2) is 65.8 Å². The number of likely N-dealkylation sites (tertiary alicyclic amines) is 1. The van der Waals surface area contributed by atoms with Crippen molar-refractivity contribution in [3.05, 3.63) is 64.2 Å². The van der Waals surface area contributed by atoms with Gasteiger partial charge in [0.1, 0.15) is 6.04 Å². The first-order valence-corrected chi connectivity index (χ1v) is 13.9. The lowest BCUT2D eigenvalue weighted by Crippen LogP contribution is -2.55. The molecule has 0 bridgehead atoms. The lowest BCUT2D eigenvalue weighted by atomic mass is 9.93. The number of hydrogen-bond acceptors (Lipinski definition) is 5. The number of halogens is 1. The van der Waals surface area contributed by atoms with Crippen molar-refractivity contribution in [1.82, 2.24) is 15.1 Å². The number of nitrogens with one attached hydrogen (secondary N) is 2.